The van der Waals surface area contributed by atoms with E-state index in [1.54, 1.807) is 19.1 Å². The van der Waals surface area contributed by atoms with Crippen molar-refractivity contribution in [2.24, 2.45) is 16.8 Å². The molecule has 1 unspecified atom stereocenters. The van der Waals surface area contributed by atoms with E-state index in [1.165, 1.54) is 6.07 Å². The van der Waals surface area contributed by atoms with Gasteiger partial charge in [-0.15, -0.1) is 0 Å². The van der Waals surface area contributed by atoms with E-state index in [4.69, 9.17) is 11.7 Å². The molecule has 0 bridgehead atoms. The summed E-state index contributed by atoms with van der Waals surface area (Å²) < 4.78 is 59.0. The average Bonchev–Trinajstić information content (AvgIpc) is 2.67. The summed E-state index contributed by atoms with van der Waals surface area (Å²) in [6.45, 7) is 0.755. The van der Waals surface area contributed by atoms with Gasteiger partial charge in [0.1, 0.15) is 23.7 Å². The van der Waals surface area contributed by atoms with Gasteiger partial charge in [-0.2, -0.15) is 13.9 Å². The zero-order chi connectivity index (χ0) is 22.1. The molecule has 3 rings (SSSR count). The molecule has 0 aliphatic carbocycles. The molecule has 1 atom stereocenters. The van der Waals surface area contributed by atoms with Gasteiger partial charge in [0.2, 0.25) is 0 Å². The molecule has 1 heterocycles. The van der Waals surface area contributed by atoms with Crippen molar-refractivity contribution in [2.75, 3.05) is 6.54 Å². The van der Waals surface area contributed by atoms with Crippen LogP contribution < -0.4 is 11.7 Å². The Morgan fingerprint density at radius 1 is 1.17 bits per heavy atom. The molecule has 1 aromatic heterocycles. The van der Waals surface area contributed by atoms with Crippen molar-refractivity contribution < 1.29 is 22.7 Å². The number of fused-ring (bicyclic) bond motifs is 1. The number of nitrogens with two attached hydrogens (primary N) is 2. The van der Waals surface area contributed by atoms with Crippen LogP contribution in [0, 0.1) is 18.6 Å². The monoisotopic (exact) mass is 422 g/mol. The normalized spacial score (nSPS) is 14.2. The van der Waals surface area contributed by atoms with Gasteiger partial charge in [0.15, 0.2) is 5.60 Å². The van der Waals surface area contributed by atoms with Gasteiger partial charge in [-0.3, -0.25) is 9.99 Å². The first-order valence-electron chi connectivity index (χ1n) is 8.63. The van der Waals surface area contributed by atoms with Crippen molar-refractivity contribution in [1.82, 2.24) is 15.0 Å². The number of benzene rings is 2. The highest BCUT2D eigenvalue weighted by molar-refractivity contribution is 5.74. The molecule has 0 fully saturated rings. The summed E-state index contributed by atoms with van der Waals surface area (Å²) in [5.74, 6) is 3.92. The lowest BCUT2D eigenvalue weighted by Gasteiger charge is -2.37. The van der Waals surface area contributed by atoms with Crippen molar-refractivity contribution in [3.63, 3.8) is 0 Å². The van der Waals surface area contributed by atoms with Crippen LogP contribution in [0.3, 0.4) is 0 Å². The number of hydrazine groups is 1. The predicted octanol–water partition coefficient (Wildman–Crippen LogP) is 2.27. The lowest BCUT2D eigenvalue weighted by atomic mass is 9.84. The maximum Gasteiger partial charge on any atom is 0.325 e. The third-order valence-corrected chi connectivity index (χ3v) is 4.54. The van der Waals surface area contributed by atoms with Gasteiger partial charge in [-0.25, -0.2) is 19.6 Å². The fourth-order valence-corrected chi connectivity index (χ4v) is 3.05. The van der Waals surface area contributed by atoms with Gasteiger partial charge in [0.05, 0.1) is 23.8 Å². The van der Waals surface area contributed by atoms with Gasteiger partial charge in [0, 0.05) is 11.6 Å². The van der Waals surface area contributed by atoms with E-state index in [-0.39, 0.29) is 5.52 Å². The largest absolute Gasteiger partial charge is 0.377 e. The second-order valence-electron chi connectivity index (χ2n) is 6.74. The van der Waals surface area contributed by atoms with E-state index in [9.17, 15) is 13.9 Å². The Morgan fingerprint density at radius 3 is 2.57 bits per heavy atom. The smallest absolute Gasteiger partial charge is 0.325 e. The van der Waals surface area contributed by atoms with E-state index in [0.717, 1.165) is 24.2 Å². The number of hydrogen-bond acceptors (Lipinski definition) is 6. The number of halogens is 4. The Kier molecular flexibility index (Phi) is 5.59. The van der Waals surface area contributed by atoms with Gasteiger partial charge in [-0.05, 0) is 36.8 Å². The minimum absolute atomic E-state index is 0.146. The maximum atomic E-state index is 15.6. The van der Waals surface area contributed by atoms with E-state index in [0.29, 0.717) is 22.7 Å². The third-order valence-electron chi connectivity index (χ3n) is 4.54. The molecule has 3 aromatic rings. The molecule has 0 radical (unpaired) electrons. The second-order valence-corrected chi connectivity index (χ2v) is 6.74. The molecule has 0 aliphatic heterocycles. The lowest BCUT2D eigenvalue weighted by Crippen LogP contribution is -2.54. The minimum atomic E-state index is -4.20. The Morgan fingerprint density at radius 2 is 1.90 bits per heavy atom. The molecule has 5 N–H and O–H groups in total. The standard InChI is InChI=1S/C19H18F4N6O/c1-11-2-5-15-16(6-11)26-8-17(28-15)19(22,23)18(30,9-29(25)10-27-24)13-4-3-12(20)7-14(13)21/h2-8,10,30H,9,24-25H2,1H3/b27-10-. The van der Waals surface area contributed by atoms with Gasteiger partial charge < -0.3 is 10.9 Å². The van der Waals surface area contributed by atoms with Crippen molar-refractivity contribution >= 4 is 17.4 Å². The predicted molar refractivity (Wildman–Crippen MR) is 102 cm³/mol. The van der Waals surface area contributed by atoms with Crippen LogP contribution in [0.4, 0.5) is 17.6 Å². The van der Waals surface area contributed by atoms with Crippen molar-refractivity contribution in [1.29, 1.82) is 0 Å². The van der Waals surface area contributed by atoms with Crippen molar-refractivity contribution in [3.8, 4) is 0 Å². The molecule has 7 nitrogen and oxygen atoms in total. The Hall–Kier alpha value is -3.31. The highest BCUT2D eigenvalue weighted by Gasteiger charge is 2.58. The van der Waals surface area contributed by atoms with Gasteiger partial charge in [0.25, 0.3) is 0 Å². The van der Waals surface area contributed by atoms with Gasteiger partial charge in [-0.1, -0.05) is 6.07 Å². The third kappa shape index (κ3) is 3.76. The number of aliphatic hydroxyl groups is 1. The molecule has 0 aliphatic rings. The summed E-state index contributed by atoms with van der Waals surface area (Å²) in [6, 6.07) is 6.63. The first-order chi connectivity index (χ1) is 14.1. The summed E-state index contributed by atoms with van der Waals surface area (Å²) in [7, 11) is 0. The molecular formula is C19H18F4N6O. The molecule has 0 saturated heterocycles. The van der Waals surface area contributed by atoms with Crippen LogP contribution in [0.2, 0.25) is 0 Å². The number of alkyl halides is 2. The molecule has 158 valence electrons. The van der Waals surface area contributed by atoms with Crippen molar-refractivity contribution in [3.05, 3.63) is 71.1 Å². The summed E-state index contributed by atoms with van der Waals surface area (Å²) in [5.41, 5.74) is -3.73. The maximum absolute atomic E-state index is 15.6. The SMILES string of the molecule is Cc1ccc2nc(C(F)(F)C(O)(CN(N)/C=N\N)c3ccc(F)cc3F)cnc2c1. The molecular weight excluding hydrogens is 404 g/mol. The van der Waals surface area contributed by atoms with Crippen LogP contribution in [0.25, 0.3) is 11.0 Å². The van der Waals surface area contributed by atoms with Crippen LogP contribution in [-0.4, -0.2) is 33.0 Å². The molecule has 0 amide bonds. The second kappa shape index (κ2) is 7.84. The number of hydrogen-bond donors (Lipinski definition) is 3. The van der Waals surface area contributed by atoms with Gasteiger partial charge >= 0.3 is 5.92 Å². The van der Waals surface area contributed by atoms with Crippen molar-refractivity contribution in [2.45, 2.75) is 18.4 Å². The molecule has 2 aromatic carbocycles. The number of aromatic nitrogens is 2. The molecule has 11 heteroatoms. The number of hydrazone groups is 1. The van der Waals surface area contributed by atoms with Crippen LogP contribution in [0.1, 0.15) is 16.8 Å². The summed E-state index contributed by atoms with van der Waals surface area (Å²) in [5, 5.41) is 14.7. The molecule has 0 saturated carbocycles. The van der Waals surface area contributed by atoms with E-state index < -0.39 is 41.0 Å². The zero-order valence-electron chi connectivity index (χ0n) is 15.7. The quantitative estimate of drug-likeness (QED) is 0.185. The van der Waals surface area contributed by atoms with E-state index in [1.807, 2.05) is 0 Å². The Balaban J connectivity index is 2.19. The number of rotatable bonds is 6. The summed E-state index contributed by atoms with van der Waals surface area (Å²) >= 11 is 0. The van der Waals surface area contributed by atoms with E-state index in [2.05, 4.69) is 15.1 Å². The first kappa shape index (κ1) is 21.4. The molecule has 0 spiro atoms. The van der Waals surface area contributed by atoms with E-state index >= 15 is 8.78 Å². The topological polar surface area (TPSA) is 114 Å². The highest BCUT2D eigenvalue weighted by Crippen LogP contribution is 2.46. The highest BCUT2D eigenvalue weighted by atomic mass is 19.3. The lowest BCUT2D eigenvalue weighted by molar-refractivity contribution is -0.203. The first-order valence-corrected chi connectivity index (χ1v) is 8.63. The average molecular weight is 422 g/mol. The van der Waals surface area contributed by atoms with Crippen LogP contribution in [0.5, 0.6) is 0 Å². The Bertz CT molecular complexity index is 1110. The van der Waals surface area contributed by atoms with Crippen LogP contribution in [0.15, 0.2) is 47.7 Å². The fourth-order valence-electron chi connectivity index (χ4n) is 3.05. The Labute approximate surface area is 168 Å². The molecule has 30 heavy (non-hydrogen) atoms. The summed E-state index contributed by atoms with van der Waals surface area (Å²) in [4.78, 5) is 7.86. The number of aryl methyl sites for hydroxylation is 1. The fraction of sp³-hybridized carbons (Fsp3) is 0.211. The zero-order valence-corrected chi connectivity index (χ0v) is 15.7. The minimum Gasteiger partial charge on any atom is -0.377 e. The summed E-state index contributed by atoms with van der Waals surface area (Å²) in [6.07, 6.45) is 1.55. The number of nitrogens with zero attached hydrogens (tertiary/aromatic N) is 4. The van der Waals surface area contributed by atoms with Crippen LogP contribution >= 0.6 is 0 Å². The van der Waals surface area contributed by atoms with Crippen LogP contribution in [-0.2, 0) is 11.5 Å².